The maximum absolute atomic E-state index is 12.1. The highest BCUT2D eigenvalue weighted by Gasteiger charge is 2.09. The minimum atomic E-state index is -0.145. The lowest BCUT2D eigenvalue weighted by Crippen LogP contribution is -2.21. The highest BCUT2D eigenvalue weighted by molar-refractivity contribution is 5.93. The number of rotatable bonds is 5. The van der Waals surface area contributed by atoms with Crippen molar-refractivity contribution in [2.45, 2.75) is 40.5 Å². The number of benzene rings is 2. The number of para-hydroxylation sites is 1. The maximum Gasteiger partial charge on any atom is 0.262 e. The number of carbonyl (C=O) groups excluding carboxylic acids is 1. The summed E-state index contributed by atoms with van der Waals surface area (Å²) in [6.45, 7) is 10.4. The summed E-state index contributed by atoms with van der Waals surface area (Å²) >= 11 is 0. The van der Waals surface area contributed by atoms with Gasteiger partial charge in [-0.3, -0.25) is 4.79 Å². The maximum atomic E-state index is 12.1. The molecular weight excluding hydrogens is 286 g/mol. The predicted molar refractivity (Wildman–Crippen MR) is 95.3 cm³/mol. The standard InChI is InChI=1S/C20H25NO2/c1-13(2)18-10-9-17(11-16(18)5)23-12-19(22)21-20-14(3)7-6-8-15(20)4/h6-11,13H,12H2,1-5H3,(H,21,22). The average molecular weight is 311 g/mol. The van der Waals surface area contributed by atoms with Gasteiger partial charge in [0.2, 0.25) is 0 Å². The molecule has 23 heavy (non-hydrogen) atoms. The molecule has 0 aliphatic heterocycles. The first kappa shape index (κ1) is 17.1. The van der Waals surface area contributed by atoms with Crippen LogP contribution in [0.2, 0.25) is 0 Å². The van der Waals surface area contributed by atoms with Crippen molar-refractivity contribution in [2.24, 2.45) is 0 Å². The molecule has 3 nitrogen and oxygen atoms in total. The Labute approximate surface area is 138 Å². The topological polar surface area (TPSA) is 38.3 Å². The number of hydrogen-bond acceptors (Lipinski definition) is 2. The van der Waals surface area contributed by atoms with E-state index in [9.17, 15) is 4.79 Å². The van der Waals surface area contributed by atoms with Gasteiger partial charge in [0.1, 0.15) is 5.75 Å². The molecule has 0 atom stereocenters. The number of hydrogen-bond donors (Lipinski definition) is 1. The van der Waals surface area contributed by atoms with E-state index in [1.54, 1.807) is 0 Å². The molecule has 0 spiro atoms. The van der Waals surface area contributed by atoms with Gasteiger partial charge in [0.15, 0.2) is 6.61 Å². The number of aryl methyl sites for hydroxylation is 3. The molecule has 0 unspecified atom stereocenters. The average Bonchev–Trinajstić information content (AvgIpc) is 2.49. The zero-order valence-electron chi connectivity index (χ0n) is 14.6. The second kappa shape index (κ2) is 7.32. The third-order valence-electron chi connectivity index (χ3n) is 3.98. The lowest BCUT2D eigenvalue weighted by molar-refractivity contribution is -0.118. The Morgan fingerprint density at radius 3 is 2.26 bits per heavy atom. The largest absolute Gasteiger partial charge is 0.484 e. The van der Waals surface area contributed by atoms with Crippen LogP contribution in [-0.4, -0.2) is 12.5 Å². The van der Waals surface area contributed by atoms with E-state index < -0.39 is 0 Å². The van der Waals surface area contributed by atoms with Crippen LogP contribution in [0.1, 0.15) is 42.0 Å². The van der Waals surface area contributed by atoms with Gasteiger partial charge in [-0.1, -0.05) is 38.1 Å². The quantitative estimate of drug-likeness (QED) is 0.865. The predicted octanol–water partition coefficient (Wildman–Crippen LogP) is 4.75. The van der Waals surface area contributed by atoms with E-state index in [-0.39, 0.29) is 12.5 Å². The Balaban J connectivity index is 1.98. The van der Waals surface area contributed by atoms with Gasteiger partial charge in [0.25, 0.3) is 5.91 Å². The van der Waals surface area contributed by atoms with Crippen LogP contribution < -0.4 is 10.1 Å². The molecule has 122 valence electrons. The van der Waals surface area contributed by atoms with E-state index in [1.165, 1.54) is 11.1 Å². The number of anilines is 1. The van der Waals surface area contributed by atoms with Gasteiger partial charge in [-0.25, -0.2) is 0 Å². The molecular formula is C20H25NO2. The van der Waals surface area contributed by atoms with Crippen molar-refractivity contribution in [3.05, 3.63) is 58.7 Å². The Bertz CT molecular complexity index is 685. The molecule has 1 N–H and O–H groups in total. The van der Waals surface area contributed by atoms with Crippen LogP contribution in [0.15, 0.2) is 36.4 Å². The molecule has 0 fully saturated rings. The first-order valence-electron chi connectivity index (χ1n) is 7.98. The minimum Gasteiger partial charge on any atom is -0.484 e. The molecule has 1 amide bonds. The molecule has 2 aromatic rings. The second-order valence-electron chi connectivity index (χ2n) is 6.28. The number of carbonyl (C=O) groups is 1. The van der Waals surface area contributed by atoms with Crippen molar-refractivity contribution in [2.75, 3.05) is 11.9 Å². The Morgan fingerprint density at radius 1 is 1.04 bits per heavy atom. The van der Waals surface area contributed by atoms with Crippen LogP contribution in [0.4, 0.5) is 5.69 Å². The number of amides is 1. The summed E-state index contributed by atoms with van der Waals surface area (Å²) in [6.07, 6.45) is 0. The molecule has 0 bridgehead atoms. The fourth-order valence-electron chi connectivity index (χ4n) is 2.72. The highest BCUT2D eigenvalue weighted by Crippen LogP contribution is 2.24. The summed E-state index contributed by atoms with van der Waals surface area (Å²) in [7, 11) is 0. The molecule has 0 saturated carbocycles. The van der Waals surface area contributed by atoms with E-state index in [2.05, 4.69) is 32.2 Å². The van der Waals surface area contributed by atoms with Crippen LogP contribution >= 0.6 is 0 Å². The van der Waals surface area contributed by atoms with Gasteiger partial charge in [0, 0.05) is 5.69 Å². The zero-order chi connectivity index (χ0) is 17.0. The summed E-state index contributed by atoms with van der Waals surface area (Å²) in [5.74, 6) is 1.06. The zero-order valence-corrected chi connectivity index (χ0v) is 14.6. The Hall–Kier alpha value is -2.29. The lowest BCUT2D eigenvalue weighted by Gasteiger charge is -2.14. The Morgan fingerprint density at radius 2 is 1.70 bits per heavy atom. The van der Waals surface area contributed by atoms with Crippen molar-refractivity contribution in [1.82, 2.24) is 0 Å². The lowest BCUT2D eigenvalue weighted by atomic mass is 9.98. The molecule has 0 heterocycles. The van der Waals surface area contributed by atoms with Crippen LogP contribution in [0.3, 0.4) is 0 Å². The van der Waals surface area contributed by atoms with Gasteiger partial charge in [0.05, 0.1) is 0 Å². The molecule has 0 aliphatic rings. The van der Waals surface area contributed by atoms with Crippen LogP contribution in [0, 0.1) is 20.8 Å². The molecule has 2 rings (SSSR count). The molecule has 0 radical (unpaired) electrons. The van der Waals surface area contributed by atoms with E-state index in [1.807, 2.05) is 44.2 Å². The van der Waals surface area contributed by atoms with Crippen LogP contribution in [0.5, 0.6) is 5.75 Å². The fourth-order valence-corrected chi connectivity index (χ4v) is 2.72. The van der Waals surface area contributed by atoms with Crippen molar-refractivity contribution in [3.63, 3.8) is 0 Å². The monoisotopic (exact) mass is 311 g/mol. The van der Waals surface area contributed by atoms with E-state index in [4.69, 9.17) is 4.74 Å². The van der Waals surface area contributed by atoms with E-state index >= 15 is 0 Å². The van der Waals surface area contributed by atoms with Gasteiger partial charge < -0.3 is 10.1 Å². The minimum absolute atomic E-state index is 0.00817. The summed E-state index contributed by atoms with van der Waals surface area (Å²) in [5.41, 5.74) is 5.46. The first-order chi connectivity index (χ1) is 10.9. The van der Waals surface area contributed by atoms with Gasteiger partial charge in [-0.05, 0) is 61.1 Å². The van der Waals surface area contributed by atoms with E-state index in [0.717, 1.165) is 22.6 Å². The molecule has 0 saturated heterocycles. The summed E-state index contributed by atoms with van der Waals surface area (Å²) in [4.78, 5) is 12.1. The van der Waals surface area contributed by atoms with E-state index in [0.29, 0.717) is 5.92 Å². The van der Waals surface area contributed by atoms with Gasteiger partial charge in [-0.2, -0.15) is 0 Å². The molecule has 0 aromatic heterocycles. The first-order valence-corrected chi connectivity index (χ1v) is 7.98. The second-order valence-corrected chi connectivity index (χ2v) is 6.28. The number of nitrogens with one attached hydrogen (secondary N) is 1. The van der Waals surface area contributed by atoms with Crippen molar-refractivity contribution in [1.29, 1.82) is 0 Å². The van der Waals surface area contributed by atoms with Gasteiger partial charge >= 0.3 is 0 Å². The molecule has 0 aliphatic carbocycles. The van der Waals surface area contributed by atoms with Crippen molar-refractivity contribution >= 4 is 11.6 Å². The van der Waals surface area contributed by atoms with Crippen LogP contribution in [-0.2, 0) is 4.79 Å². The highest BCUT2D eigenvalue weighted by atomic mass is 16.5. The fraction of sp³-hybridized carbons (Fsp3) is 0.350. The number of ether oxygens (including phenoxy) is 1. The summed E-state index contributed by atoms with van der Waals surface area (Å²) < 4.78 is 5.62. The third kappa shape index (κ3) is 4.35. The molecule has 3 heteroatoms. The summed E-state index contributed by atoms with van der Waals surface area (Å²) in [6, 6.07) is 11.9. The third-order valence-corrected chi connectivity index (χ3v) is 3.98. The SMILES string of the molecule is Cc1cc(OCC(=O)Nc2c(C)cccc2C)ccc1C(C)C. The smallest absolute Gasteiger partial charge is 0.262 e. The molecule has 2 aromatic carbocycles. The van der Waals surface area contributed by atoms with Crippen molar-refractivity contribution in [3.8, 4) is 5.75 Å². The van der Waals surface area contributed by atoms with Crippen molar-refractivity contribution < 1.29 is 9.53 Å². The summed E-state index contributed by atoms with van der Waals surface area (Å²) in [5, 5.41) is 2.93. The normalized spacial score (nSPS) is 10.7. The Kier molecular flexibility index (Phi) is 5.43. The van der Waals surface area contributed by atoms with Gasteiger partial charge in [-0.15, -0.1) is 0 Å². The van der Waals surface area contributed by atoms with Crippen LogP contribution in [0.25, 0.3) is 0 Å².